The average molecular weight is 245 g/mol. The first-order chi connectivity index (χ1) is 8.72. The summed E-state index contributed by atoms with van der Waals surface area (Å²) in [5.41, 5.74) is 1.90. The molecule has 1 amide bonds. The van der Waals surface area contributed by atoms with E-state index in [-0.39, 0.29) is 11.9 Å². The van der Waals surface area contributed by atoms with Crippen LogP contribution in [0.3, 0.4) is 0 Å². The van der Waals surface area contributed by atoms with Crippen molar-refractivity contribution < 1.29 is 4.79 Å². The van der Waals surface area contributed by atoms with Crippen LogP contribution < -0.4 is 10.6 Å². The first-order valence-electron chi connectivity index (χ1n) is 6.10. The summed E-state index contributed by atoms with van der Waals surface area (Å²) < 4.78 is 1.72. The predicted molar refractivity (Wildman–Crippen MR) is 67.4 cm³/mol. The van der Waals surface area contributed by atoms with Crippen molar-refractivity contribution in [1.82, 2.24) is 19.9 Å². The second kappa shape index (κ2) is 4.29. The lowest BCUT2D eigenvalue weighted by Crippen LogP contribution is -2.44. The second-order valence-electron chi connectivity index (χ2n) is 4.57. The van der Waals surface area contributed by atoms with E-state index in [4.69, 9.17) is 0 Å². The molecule has 0 saturated carbocycles. The third kappa shape index (κ3) is 2.01. The van der Waals surface area contributed by atoms with Gasteiger partial charge in [0, 0.05) is 12.7 Å². The number of hydrogen-bond acceptors (Lipinski definition) is 4. The van der Waals surface area contributed by atoms with Crippen molar-refractivity contribution in [3.63, 3.8) is 0 Å². The standard InChI is InChI=1S/C12H15N5O/c1-8-4-5-10-15-12(16-17(10)7-8)14-9-3-2-6-13-11(9)18/h4-5,7,9H,2-3,6H2,1H3,(H,13,18)(H,14,16). The molecular weight excluding hydrogens is 230 g/mol. The first kappa shape index (κ1) is 11.0. The summed E-state index contributed by atoms with van der Waals surface area (Å²) in [6.45, 7) is 2.76. The van der Waals surface area contributed by atoms with Crippen molar-refractivity contribution in [3.05, 3.63) is 23.9 Å². The van der Waals surface area contributed by atoms with Crippen molar-refractivity contribution in [2.75, 3.05) is 11.9 Å². The Morgan fingerprint density at radius 2 is 2.39 bits per heavy atom. The van der Waals surface area contributed by atoms with E-state index in [9.17, 15) is 4.79 Å². The van der Waals surface area contributed by atoms with E-state index in [2.05, 4.69) is 20.7 Å². The smallest absolute Gasteiger partial charge is 0.243 e. The number of nitrogens with one attached hydrogen (secondary N) is 2. The number of piperidine rings is 1. The fourth-order valence-electron chi connectivity index (χ4n) is 2.11. The Morgan fingerprint density at radius 3 is 3.22 bits per heavy atom. The number of nitrogens with zero attached hydrogens (tertiary/aromatic N) is 3. The van der Waals surface area contributed by atoms with Crippen LogP contribution in [-0.2, 0) is 4.79 Å². The maximum Gasteiger partial charge on any atom is 0.243 e. The maximum atomic E-state index is 11.6. The number of amides is 1. The Labute approximate surface area is 104 Å². The number of aromatic nitrogens is 3. The first-order valence-corrected chi connectivity index (χ1v) is 6.10. The van der Waals surface area contributed by atoms with Crippen LogP contribution in [-0.4, -0.2) is 33.1 Å². The number of carbonyl (C=O) groups excluding carboxylic acids is 1. The highest BCUT2D eigenvalue weighted by atomic mass is 16.2. The second-order valence-corrected chi connectivity index (χ2v) is 4.57. The maximum absolute atomic E-state index is 11.6. The molecule has 0 radical (unpaired) electrons. The van der Waals surface area contributed by atoms with Gasteiger partial charge in [0.2, 0.25) is 11.9 Å². The van der Waals surface area contributed by atoms with Gasteiger partial charge in [-0.3, -0.25) is 4.79 Å². The molecule has 18 heavy (non-hydrogen) atoms. The Balaban J connectivity index is 1.84. The Kier molecular flexibility index (Phi) is 2.62. The molecule has 2 aromatic heterocycles. The third-order valence-corrected chi connectivity index (χ3v) is 3.07. The molecule has 0 bridgehead atoms. The normalized spacial score (nSPS) is 19.8. The summed E-state index contributed by atoms with van der Waals surface area (Å²) in [4.78, 5) is 16.0. The molecule has 1 fully saturated rings. The van der Waals surface area contributed by atoms with E-state index in [0.29, 0.717) is 5.95 Å². The zero-order valence-electron chi connectivity index (χ0n) is 10.2. The van der Waals surface area contributed by atoms with Crippen LogP contribution in [0.5, 0.6) is 0 Å². The van der Waals surface area contributed by atoms with Gasteiger partial charge in [0.25, 0.3) is 0 Å². The molecule has 0 aromatic carbocycles. The molecule has 3 rings (SSSR count). The molecule has 1 unspecified atom stereocenters. The monoisotopic (exact) mass is 245 g/mol. The summed E-state index contributed by atoms with van der Waals surface area (Å²) in [6.07, 6.45) is 3.71. The van der Waals surface area contributed by atoms with Crippen molar-refractivity contribution in [2.45, 2.75) is 25.8 Å². The lowest BCUT2D eigenvalue weighted by Gasteiger charge is -2.21. The molecule has 2 aromatic rings. The summed E-state index contributed by atoms with van der Waals surface area (Å²) in [7, 11) is 0. The van der Waals surface area contributed by atoms with Gasteiger partial charge in [-0.15, -0.1) is 5.10 Å². The average Bonchev–Trinajstić information content (AvgIpc) is 2.73. The fourth-order valence-corrected chi connectivity index (χ4v) is 2.11. The molecule has 1 atom stereocenters. The van der Waals surface area contributed by atoms with Gasteiger partial charge < -0.3 is 10.6 Å². The van der Waals surface area contributed by atoms with Gasteiger partial charge >= 0.3 is 0 Å². The van der Waals surface area contributed by atoms with Crippen molar-refractivity contribution >= 4 is 17.5 Å². The van der Waals surface area contributed by atoms with Gasteiger partial charge in [-0.1, -0.05) is 6.07 Å². The van der Waals surface area contributed by atoms with Crippen LogP contribution in [0.15, 0.2) is 18.3 Å². The van der Waals surface area contributed by atoms with Crippen molar-refractivity contribution in [1.29, 1.82) is 0 Å². The van der Waals surface area contributed by atoms with Crippen molar-refractivity contribution in [3.8, 4) is 0 Å². The fraction of sp³-hybridized carbons (Fsp3) is 0.417. The minimum Gasteiger partial charge on any atom is -0.354 e. The molecule has 1 aliphatic rings. The molecule has 94 valence electrons. The molecule has 0 aliphatic carbocycles. The number of pyridine rings is 1. The Bertz CT molecular complexity index is 591. The Hall–Kier alpha value is -2.11. The SMILES string of the molecule is Cc1ccc2nc(NC3CCCNC3=O)nn2c1. The van der Waals surface area contributed by atoms with E-state index in [0.717, 1.165) is 30.6 Å². The number of hydrogen-bond donors (Lipinski definition) is 2. The third-order valence-electron chi connectivity index (χ3n) is 3.07. The highest BCUT2D eigenvalue weighted by molar-refractivity contribution is 5.84. The van der Waals surface area contributed by atoms with E-state index in [1.807, 2.05) is 25.3 Å². The molecule has 2 N–H and O–H groups in total. The molecule has 6 heteroatoms. The zero-order valence-corrected chi connectivity index (χ0v) is 10.2. The van der Waals surface area contributed by atoms with Gasteiger partial charge in [-0.05, 0) is 31.4 Å². The molecule has 1 saturated heterocycles. The molecule has 1 aliphatic heterocycles. The molecule has 0 spiro atoms. The topological polar surface area (TPSA) is 71.3 Å². The van der Waals surface area contributed by atoms with Crippen LogP contribution in [0, 0.1) is 6.92 Å². The lowest BCUT2D eigenvalue weighted by molar-refractivity contribution is -0.123. The van der Waals surface area contributed by atoms with E-state index < -0.39 is 0 Å². The molecular formula is C12H15N5O. The number of rotatable bonds is 2. The minimum absolute atomic E-state index is 0.0243. The van der Waals surface area contributed by atoms with Crippen LogP contribution in [0.4, 0.5) is 5.95 Å². The summed E-state index contributed by atoms with van der Waals surface area (Å²) in [6, 6.07) is 3.67. The summed E-state index contributed by atoms with van der Waals surface area (Å²) in [5, 5.41) is 10.2. The number of carbonyl (C=O) groups is 1. The van der Waals surface area contributed by atoms with Gasteiger partial charge in [0.1, 0.15) is 6.04 Å². The zero-order chi connectivity index (χ0) is 12.5. The molecule has 6 nitrogen and oxygen atoms in total. The Morgan fingerprint density at radius 1 is 1.50 bits per heavy atom. The van der Waals surface area contributed by atoms with E-state index in [1.54, 1.807) is 4.52 Å². The summed E-state index contributed by atoms with van der Waals surface area (Å²) in [5.74, 6) is 0.527. The predicted octanol–water partition coefficient (Wildman–Crippen LogP) is 0.728. The lowest BCUT2D eigenvalue weighted by atomic mass is 10.1. The quantitative estimate of drug-likeness (QED) is 0.818. The van der Waals surface area contributed by atoms with Gasteiger partial charge in [0.05, 0.1) is 0 Å². The van der Waals surface area contributed by atoms with Gasteiger partial charge in [0.15, 0.2) is 5.65 Å². The number of fused-ring (bicyclic) bond motifs is 1. The highest BCUT2D eigenvalue weighted by Gasteiger charge is 2.22. The van der Waals surface area contributed by atoms with Crippen molar-refractivity contribution in [2.24, 2.45) is 0 Å². The number of anilines is 1. The van der Waals surface area contributed by atoms with Crippen LogP contribution in [0.25, 0.3) is 5.65 Å². The van der Waals surface area contributed by atoms with Gasteiger partial charge in [-0.2, -0.15) is 4.98 Å². The highest BCUT2D eigenvalue weighted by Crippen LogP contribution is 2.11. The van der Waals surface area contributed by atoms with E-state index >= 15 is 0 Å². The van der Waals surface area contributed by atoms with E-state index in [1.165, 1.54) is 0 Å². The van der Waals surface area contributed by atoms with Gasteiger partial charge in [-0.25, -0.2) is 4.52 Å². The number of aryl methyl sites for hydroxylation is 1. The van der Waals surface area contributed by atoms with Crippen LogP contribution >= 0.6 is 0 Å². The van der Waals surface area contributed by atoms with Crippen LogP contribution in [0.2, 0.25) is 0 Å². The van der Waals surface area contributed by atoms with Crippen LogP contribution in [0.1, 0.15) is 18.4 Å². The molecule has 3 heterocycles. The summed E-state index contributed by atoms with van der Waals surface area (Å²) >= 11 is 0. The largest absolute Gasteiger partial charge is 0.354 e. The minimum atomic E-state index is -0.225.